The zero-order valence-corrected chi connectivity index (χ0v) is 11.6. The van der Waals surface area contributed by atoms with Gasteiger partial charge in [0, 0.05) is 12.1 Å². The molecular formula is C16H10F3NO3. The Hall–Kier alpha value is -3.09. The largest absolute Gasteiger partial charge is 0.428 e. The molecule has 0 spiro atoms. The van der Waals surface area contributed by atoms with Gasteiger partial charge in [0.2, 0.25) is 0 Å². The highest BCUT2D eigenvalue weighted by molar-refractivity contribution is 5.70. The fourth-order valence-corrected chi connectivity index (χ4v) is 1.69. The van der Waals surface area contributed by atoms with Crippen LogP contribution in [0.2, 0.25) is 0 Å². The Morgan fingerprint density at radius 3 is 1.83 bits per heavy atom. The van der Waals surface area contributed by atoms with Crippen molar-refractivity contribution in [2.75, 3.05) is 0 Å². The van der Waals surface area contributed by atoms with Crippen LogP contribution < -0.4 is 4.74 Å². The smallest absolute Gasteiger partial charge is 0.344 e. The lowest BCUT2D eigenvalue weighted by atomic mass is 10.1. The first-order valence-corrected chi connectivity index (χ1v) is 6.37. The van der Waals surface area contributed by atoms with Gasteiger partial charge in [0.05, 0.1) is 4.92 Å². The summed E-state index contributed by atoms with van der Waals surface area (Å²) in [5, 5.41) is 10.5. The number of nitrogens with zero attached hydrogens (tertiary/aromatic N) is 1. The van der Waals surface area contributed by atoms with Crippen molar-refractivity contribution in [1.82, 2.24) is 0 Å². The van der Waals surface area contributed by atoms with Gasteiger partial charge in [-0.15, -0.1) is 0 Å². The van der Waals surface area contributed by atoms with E-state index in [4.69, 9.17) is 0 Å². The van der Waals surface area contributed by atoms with Crippen LogP contribution in [0.15, 0.2) is 60.6 Å². The molecule has 0 aliphatic rings. The number of nitro groups is 1. The van der Waals surface area contributed by atoms with Crippen molar-refractivity contribution < 1.29 is 22.8 Å². The molecule has 0 saturated heterocycles. The predicted molar refractivity (Wildman–Crippen MR) is 79.4 cm³/mol. The van der Waals surface area contributed by atoms with Crippen LogP contribution in [0.1, 0.15) is 11.1 Å². The van der Waals surface area contributed by atoms with E-state index in [-0.39, 0.29) is 11.4 Å². The number of hydrogen-bond donors (Lipinski definition) is 0. The van der Waals surface area contributed by atoms with Crippen molar-refractivity contribution in [2.45, 2.75) is 0 Å². The van der Waals surface area contributed by atoms with Gasteiger partial charge >= 0.3 is 12.1 Å². The molecule has 0 aliphatic heterocycles. The number of ether oxygens (including phenoxy) is 1. The molecule has 0 N–H and O–H groups in total. The van der Waals surface area contributed by atoms with Gasteiger partial charge in [-0.3, -0.25) is 10.1 Å². The van der Waals surface area contributed by atoms with Crippen molar-refractivity contribution in [3.63, 3.8) is 0 Å². The average Bonchev–Trinajstić information content (AvgIpc) is 2.54. The van der Waals surface area contributed by atoms with Gasteiger partial charge in [-0.2, -0.15) is 13.2 Å². The molecule has 0 unspecified atom stereocenters. The first kappa shape index (κ1) is 16.3. The Morgan fingerprint density at radius 2 is 1.39 bits per heavy atom. The van der Waals surface area contributed by atoms with Gasteiger partial charge in [-0.1, -0.05) is 24.3 Å². The Balaban J connectivity index is 2.05. The molecule has 118 valence electrons. The minimum atomic E-state index is -2.52. The molecule has 7 heteroatoms. The number of hydrogen-bond acceptors (Lipinski definition) is 3. The second kappa shape index (κ2) is 7.26. The van der Waals surface area contributed by atoms with E-state index in [9.17, 15) is 23.3 Å². The SMILES string of the molecule is O=[N+]([O-])c1ccc(/C=C/c2ccc(OC(F)=C(F)F)cc2)cc1. The van der Waals surface area contributed by atoms with E-state index in [0.717, 1.165) is 11.1 Å². The molecule has 4 nitrogen and oxygen atoms in total. The Labute approximate surface area is 129 Å². The summed E-state index contributed by atoms with van der Waals surface area (Å²) >= 11 is 0. The molecule has 0 amide bonds. The lowest BCUT2D eigenvalue weighted by Gasteiger charge is -2.02. The highest BCUT2D eigenvalue weighted by atomic mass is 19.3. The van der Waals surface area contributed by atoms with E-state index < -0.39 is 17.0 Å². The maximum Gasteiger partial charge on any atom is 0.344 e. The minimum absolute atomic E-state index is 0.00109. The molecule has 0 radical (unpaired) electrons. The van der Waals surface area contributed by atoms with Crippen molar-refractivity contribution in [3.05, 3.63) is 81.9 Å². The first-order valence-electron chi connectivity index (χ1n) is 6.37. The van der Waals surface area contributed by atoms with E-state index in [0.29, 0.717) is 0 Å². The van der Waals surface area contributed by atoms with Gasteiger partial charge < -0.3 is 4.74 Å². The third-order valence-electron chi connectivity index (χ3n) is 2.81. The fraction of sp³-hybridized carbons (Fsp3) is 0. The molecule has 2 aromatic rings. The standard InChI is InChI=1S/C16H10F3NO3/c17-15(18)16(19)23-14-9-5-12(6-10-14)2-1-11-3-7-13(8-4-11)20(21)22/h1-10H/b2-1+. The third-order valence-corrected chi connectivity index (χ3v) is 2.81. The van der Waals surface area contributed by atoms with Gasteiger partial charge in [-0.05, 0) is 35.4 Å². The van der Waals surface area contributed by atoms with E-state index >= 15 is 0 Å². The number of non-ortho nitro benzene ring substituents is 1. The molecule has 0 fully saturated rings. The van der Waals surface area contributed by atoms with E-state index in [1.165, 1.54) is 24.3 Å². The minimum Gasteiger partial charge on any atom is -0.428 e. The Kier molecular flexibility index (Phi) is 5.14. The van der Waals surface area contributed by atoms with Crippen LogP contribution in [0.25, 0.3) is 12.2 Å². The van der Waals surface area contributed by atoms with Gasteiger partial charge in [-0.25, -0.2) is 0 Å². The summed E-state index contributed by atoms with van der Waals surface area (Å²) in [6.45, 7) is 0. The van der Waals surface area contributed by atoms with Gasteiger partial charge in [0.1, 0.15) is 5.75 Å². The first-order chi connectivity index (χ1) is 11.0. The van der Waals surface area contributed by atoms with Crippen molar-refractivity contribution in [1.29, 1.82) is 0 Å². The molecular weight excluding hydrogens is 311 g/mol. The molecule has 0 aliphatic carbocycles. The second-order valence-corrected chi connectivity index (χ2v) is 4.39. The van der Waals surface area contributed by atoms with Crippen LogP contribution in [0.5, 0.6) is 5.75 Å². The van der Waals surface area contributed by atoms with Gasteiger partial charge in [0.25, 0.3) is 5.69 Å². The van der Waals surface area contributed by atoms with E-state index in [1.807, 2.05) is 0 Å². The van der Waals surface area contributed by atoms with E-state index in [2.05, 4.69) is 4.74 Å². The molecule has 0 bridgehead atoms. The number of nitro benzene ring substituents is 1. The summed E-state index contributed by atoms with van der Waals surface area (Å²) in [6.07, 6.45) is 0.918. The zero-order chi connectivity index (χ0) is 16.8. The number of rotatable bonds is 5. The molecule has 0 saturated carbocycles. The third kappa shape index (κ3) is 4.70. The lowest BCUT2D eigenvalue weighted by molar-refractivity contribution is -0.384. The second-order valence-electron chi connectivity index (χ2n) is 4.39. The maximum atomic E-state index is 12.6. The molecule has 0 heterocycles. The number of halogens is 3. The average molecular weight is 321 g/mol. The quantitative estimate of drug-likeness (QED) is 0.330. The molecule has 23 heavy (non-hydrogen) atoms. The molecule has 0 aromatic heterocycles. The summed E-state index contributed by atoms with van der Waals surface area (Å²) < 4.78 is 40.7. The lowest BCUT2D eigenvalue weighted by Crippen LogP contribution is -1.90. The normalized spacial score (nSPS) is 10.6. The molecule has 0 atom stereocenters. The van der Waals surface area contributed by atoms with Crippen LogP contribution in [-0.2, 0) is 0 Å². The van der Waals surface area contributed by atoms with Crippen LogP contribution >= 0.6 is 0 Å². The predicted octanol–water partition coefficient (Wildman–Crippen LogP) is 5.18. The Bertz CT molecular complexity index is 749. The van der Waals surface area contributed by atoms with Gasteiger partial charge in [0.15, 0.2) is 0 Å². The Morgan fingerprint density at radius 1 is 0.913 bits per heavy atom. The van der Waals surface area contributed by atoms with Crippen LogP contribution in [0, 0.1) is 10.1 Å². The topological polar surface area (TPSA) is 52.4 Å². The van der Waals surface area contributed by atoms with Crippen LogP contribution in [0.4, 0.5) is 18.9 Å². The summed E-state index contributed by atoms with van der Waals surface area (Å²) in [5.41, 5.74) is 1.48. The van der Waals surface area contributed by atoms with Crippen molar-refractivity contribution in [3.8, 4) is 5.75 Å². The summed E-state index contributed by atoms with van der Waals surface area (Å²) in [4.78, 5) is 10.1. The van der Waals surface area contributed by atoms with Crippen LogP contribution in [-0.4, -0.2) is 4.92 Å². The van der Waals surface area contributed by atoms with Crippen molar-refractivity contribution >= 4 is 17.8 Å². The summed E-state index contributed by atoms with van der Waals surface area (Å²) in [6, 6.07) is 9.83. The molecule has 2 aromatic carbocycles. The monoisotopic (exact) mass is 321 g/mol. The summed E-state index contributed by atoms with van der Waals surface area (Å²) in [7, 11) is 0. The molecule has 2 rings (SSSR count). The zero-order valence-electron chi connectivity index (χ0n) is 11.6. The maximum absolute atomic E-state index is 12.6. The highest BCUT2D eigenvalue weighted by Gasteiger charge is 2.07. The van der Waals surface area contributed by atoms with Crippen LogP contribution in [0.3, 0.4) is 0 Å². The summed E-state index contributed by atoms with van der Waals surface area (Å²) in [5.74, 6) is -0.0530. The van der Waals surface area contributed by atoms with E-state index in [1.54, 1.807) is 36.4 Å². The fourth-order valence-electron chi connectivity index (χ4n) is 1.69. The highest BCUT2D eigenvalue weighted by Crippen LogP contribution is 2.20. The number of benzene rings is 2. The van der Waals surface area contributed by atoms with Crippen molar-refractivity contribution in [2.24, 2.45) is 0 Å².